The van der Waals surface area contributed by atoms with Crippen molar-refractivity contribution >= 4 is 28.8 Å². The van der Waals surface area contributed by atoms with Crippen LogP contribution >= 0.6 is 11.3 Å². The number of hydrogen-bond acceptors (Lipinski definition) is 6. The summed E-state index contributed by atoms with van der Waals surface area (Å²) in [6.45, 7) is 14.3. The van der Waals surface area contributed by atoms with Crippen LogP contribution < -0.4 is 4.74 Å². The van der Waals surface area contributed by atoms with E-state index in [1.165, 1.54) is 30.6 Å². The third-order valence-electron chi connectivity index (χ3n) is 6.80. The summed E-state index contributed by atoms with van der Waals surface area (Å²) in [5.74, 6) is 0.209. The van der Waals surface area contributed by atoms with Crippen molar-refractivity contribution in [3.8, 4) is 5.75 Å². The first-order valence-corrected chi connectivity index (χ1v) is 13.8. The van der Waals surface area contributed by atoms with Crippen molar-refractivity contribution in [1.29, 1.82) is 0 Å². The van der Waals surface area contributed by atoms with Gasteiger partial charge in [-0.25, -0.2) is 4.79 Å². The fraction of sp³-hybridized carbons (Fsp3) is 0.517. The van der Waals surface area contributed by atoms with E-state index in [-0.39, 0.29) is 17.4 Å². The molecule has 0 saturated carbocycles. The van der Waals surface area contributed by atoms with Gasteiger partial charge in [0.05, 0.1) is 11.7 Å². The van der Waals surface area contributed by atoms with Crippen LogP contribution in [0.25, 0.3) is 5.57 Å². The number of rotatable bonds is 7. The SMILES string of the molecule is Cc1csc2c1C(C)(C)CN(C(=O)c1ccc(OCCN3CCCCC3)cc1)C=C2C(=O)OC(C)C. The first kappa shape index (κ1) is 26.4. The fourth-order valence-corrected chi connectivity index (χ4v) is 6.37. The third kappa shape index (κ3) is 6.01. The Morgan fingerprint density at radius 1 is 1.08 bits per heavy atom. The summed E-state index contributed by atoms with van der Waals surface area (Å²) in [5, 5.41) is 2.07. The van der Waals surface area contributed by atoms with Crippen LogP contribution in [-0.4, -0.2) is 60.6 Å². The van der Waals surface area contributed by atoms with E-state index in [9.17, 15) is 9.59 Å². The Kier molecular flexibility index (Phi) is 8.20. The van der Waals surface area contributed by atoms with E-state index < -0.39 is 5.97 Å². The highest BCUT2D eigenvalue weighted by Gasteiger charge is 2.37. The molecule has 2 aromatic rings. The second-order valence-electron chi connectivity index (χ2n) is 10.7. The molecule has 0 bridgehead atoms. The van der Waals surface area contributed by atoms with E-state index in [0.29, 0.717) is 24.3 Å². The van der Waals surface area contributed by atoms with Crippen LogP contribution in [0.15, 0.2) is 35.8 Å². The molecule has 0 unspecified atom stereocenters. The molecule has 0 atom stereocenters. The number of nitrogens with zero attached hydrogens (tertiary/aromatic N) is 2. The van der Waals surface area contributed by atoms with Crippen molar-refractivity contribution in [3.63, 3.8) is 0 Å². The third-order valence-corrected chi connectivity index (χ3v) is 7.93. The van der Waals surface area contributed by atoms with E-state index in [2.05, 4.69) is 31.1 Å². The summed E-state index contributed by atoms with van der Waals surface area (Å²) in [6.07, 6.45) is 5.29. The first-order chi connectivity index (χ1) is 17.2. The standard InChI is InChI=1S/C29H38N2O4S/c1-20(2)35-28(33)24-17-31(19-29(4,5)25-21(3)18-36-26(24)25)27(32)22-9-11-23(12-10-22)34-16-15-30-13-7-6-8-14-30/h9-12,17-18,20H,6-8,13-16,19H2,1-5H3. The molecule has 6 nitrogen and oxygen atoms in total. The Morgan fingerprint density at radius 3 is 2.44 bits per heavy atom. The lowest BCUT2D eigenvalue weighted by molar-refractivity contribution is -0.140. The van der Waals surface area contributed by atoms with Gasteiger partial charge in [-0.3, -0.25) is 9.69 Å². The monoisotopic (exact) mass is 510 g/mol. The van der Waals surface area contributed by atoms with Gasteiger partial charge in [0, 0.05) is 35.1 Å². The van der Waals surface area contributed by atoms with E-state index in [1.807, 2.05) is 26.0 Å². The fourth-order valence-electron chi connectivity index (χ4n) is 5.14. The molecular formula is C29H38N2O4S. The number of thiophene rings is 1. The topological polar surface area (TPSA) is 59.1 Å². The van der Waals surface area contributed by atoms with Crippen molar-refractivity contribution in [2.75, 3.05) is 32.8 Å². The lowest BCUT2D eigenvalue weighted by Crippen LogP contribution is -2.37. The number of fused-ring (bicyclic) bond motifs is 1. The average Bonchev–Trinajstić information content (AvgIpc) is 3.18. The maximum absolute atomic E-state index is 13.6. The summed E-state index contributed by atoms with van der Waals surface area (Å²) < 4.78 is 11.5. The molecule has 1 aromatic carbocycles. The molecule has 0 N–H and O–H groups in total. The smallest absolute Gasteiger partial charge is 0.341 e. The summed E-state index contributed by atoms with van der Waals surface area (Å²) in [5.41, 5.74) is 2.90. The molecule has 3 heterocycles. The van der Waals surface area contributed by atoms with Crippen molar-refractivity contribution in [1.82, 2.24) is 9.80 Å². The van der Waals surface area contributed by atoms with Crippen LogP contribution in [0.4, 0.5) is 0 Å². The molecular weight excluding hydrogens is 472 g/mol. The molecule has 1 aromatic heterocycles. The number of hydrogen-bond donors (Lipinski definition) is 0. The van der Waals surface area contributed by atoms with Gasteiger partial charge in [0.2, 0.25) is 0 Å². The maximum atomic E-state index is 13.6. The Hall–Kier alpha value is -2.64. The highest BCUT2D eigenvalue weighted by atomic mass is 32.1. The van der Waals surface area contributed by atoms with Crippen molar-refractivity contribution in [2.24, 2.45) is 0 Å². The maximum Gasteiger partial charge on any atom is 0.341 e. The summed E-state index contributed by atoms with van der Waals surface area (Å²) in [7, 11) is 0. The van der Waals surface area contributed by atoms with Gasteiger partial charge in [0.15, 0.2) is 0 Å². The lowest BCUT2D eigenvalue weighted by Gasteiger charge is -2.30. The van der Waals surface area contributed by atoms with Gasteiger partial charge >= 0.3 is 5.97 Å². The molecule has 2 aliphatic rings. The van der Waals surface area contributed by atoms with E-state index in [1.54, 1.807) is 23.2 Å². The number of aryl methyl sites for hydroxylation is 1. The summed E-state index contributed by atoms with van der Waals surface area (Å²) in [6, 6.07) is 7.31. The molecule has 1 saturated heterocycles. The molecule has 194 valence electrons. The number of likely N-dealkylation sites (tertiary alicyclic amines) is 1. The lowest BCUT2D eigenvalue weighted by atomic mass is 9.82. The predicted molar refractivity (Wildman–Crippen MR) is 145 cm³/mol. The van der Waals surface area contributed by atoms with Gasteiger partial charge in [-0.05, 0) is 87.5 Å². The minimum atomic E-state index is -0.402. The second-order valence-corrected chi connectivity index (χ2v) is 11.6. The molecule has 0 radical (unpaired) electrons. The Bertz CT molecular complexity index is 1110. The average molecular weight is 511 g/mol. The molecule has 7 heteroatoms. The van der Waals surface area contributed by atoms with Crippen LogP contribution in [0.1, 0.15) is 73.3 Å². The molecule has 4 rings (SSSR count). The van der Waals surface area contributed by atoms with Crippen molar-refractivity contribution in [2.45, 2.75) is 65.4 Å². The van der Waals surface area contributed by atoms with Gasteiger partial charge in [0.1, 0.15) is 12.4 Å². The van der Waals surface area contributed by atoms with Gasteiger partial charge in [-0.1, -0.05) is 20.3 Å². The Labute approximate surface area is 218 Å². The van der Waals surface area contributed by atoms with Crippen LogP contribution in [0.2, 0.25) is 0 Å². The predicted octanol–water partition coefficient (Wildman–Crippen LogP) is 5.65. The Morgan fingerprint density at radius 2 is 1.78 bits per heavy atom. The molecule has 2 aliphatic heterocycles. The summed E-state index contributed by atoms with van der Waals surface area (Å²) >= 11 is 1.53. The number of benzene rings is 1. The minimum absolute atomic E-state index is 0.148. The molecule has 36 heavy (non-hydrogen) atoms. The van der Waals surface area contributed by atoms with Crippen LogP contribution in [0.3, 0.4) is 0 Å². The number of piperidine rings is 1. The molecule has 0 spiro atoms. The summed E-state index contributed by atoms with van der Waals surface area (Å²) in [4.78, 5) is 31.7. The zero-order valence-corrected chi connectivity index (χ0v) is 23.0. The number of ether oxygens (including phenoxy) is 2. The zero-order valence-electron chi connectivity index (χ0n) is 22.1. The molecule has 1 fully saturated rings. The highest BCUT2D eigenvalue weighted by Crippen LogP contribution is 2.41. The Balaban J connectivity index is 1.51. The van der Waals surface area contributed by atoms with Crippen LogP contribution in [-0.2, 0) is 14.9 Å². The van der Waals surface area contributed by atoms with Crippen LogP contribution in [0.5, 0.6) is 5.75 Å². The normalized spacial score (nSPS) is 17.8. The van der Waals surface area contributed by atoms with Gasteiger partial charge in [-0.2, -0.15) is 0 Å². The highest BCUT2D eigenvalue weighted by molar-refractivity contribution is 7.11. The second kappa shape index (κ2) is 11.2. The number of esters is 1. The number of carbonyl (C=O) groups is 2. The van der Waals surface area contributed by atoms with Crippen LogP contribution in [0, 0.1) is 6.92 Å². The zero-order chi connectivity index (χ0) is 25.9. The van der Waals surface area contributed by atoms with E-state index in [4.69, 9.17) is 9.47 Å². The van der Waals surface area contributed by atoms with Gasteiger partial charge in [0.25, 0.3) is 5.91 Å². The minimum Gasteiger partial charge on any atom is -0.492 e. The van der Waals surface area contributed by atoms with E-state index in [0.717, 1.165) is 41.4 Å². The van der Waals surface area contributed by atoms with Gasteiger partial charge < -0.3 is 14.4 Å². The van der Waals surface area contributed by atoms with E-state index >= 15 is 0 Å². The largest absolute Gasteiger partial charge is 0.492 e. The first-order valence-electron chi connectivity index (χ1n) is 12.9. The number of carbonyl (C=O) groups excluding carboxylic acids is 2. The molecule has 0 aliphatic carbocycles. The number of amides is 1. The molecule has 1 amide bonds. The van der Waals surface area contributed by atoms with Gasteiger partial charge in [-0.15, -0.1) is 11.3 Å². The van der Waals surface area contributed by atoms with Crippen molar-refractivity contribution < 1.29 is 19.1 Å². The quantitative estimate of drug-likeness (QED) is 0.451. The van der Waals surface area contributed by atoms with Crippen molar-refractivity contribution in [3.05, 3.63) is 57.4 Å².